The van der Waals surface area contributed by atoms with Crippen molar-refractivity contribution in [1.82, 2.24) is 0 Å². The maximum absolute atomic E-state index is 12.5. The lowest BCUT2D eigenvalue weighted by Gasteiger charge is -2.23. The standard InChI is InChI=1S/C16H17NO4/c1-20-10-4-2-9(3-5-10)17-15(18)13-8-6-11-12(7-8)21-16(19)14(11)13/h2-5,8,11-14H,6-7H2,1H3,(H,17,18)/t8-,11+,12-,13-,14-/m1/s1. The summed E-state index contributed by atoms with van der Waals surface area (Å²) < 4.78 is 10.5. The number of carbonyl (C=O) groups excluding carboxylic acids is 2. The molecule has 0 radical (unpaired) electrons. The van der Waals surface area contributed by atoms with Gasteiger partial charge in [-0.05, 0) is 43.0 Å². The van der Waals surface area contributed by atoms with Crippen LogP contribution in [0.1, 0.15) is 12.8 Å². The third kappa shape index (κ3) is 1.83. The van der Waals surface area contributed by atoms with Gasteiger partial charge < -0.3 is 14.8 Å². The second-order valence-electron chi connectivity index (χ2n) is 6.14. The number of amides is 1. The number of ether oxygens (including phenoxy) is 2. The molecule has 1 aromatic rings. The van der Waals surface area contributed by atoms with E-state index in [2.05, 4.69) is 5.32 Å². The van der Waals surface area contributed by atoms with Gasteiger partial charge in [0.25, 0.3) is 0 Å². The van der Waals surface area contributed by atoms with Gasteiger partial charge in [-0.25, -0.2) is 0 Å². The van der Waals surface area contributed by atoms with Crippen LogP contribution in [0.25, 0.3) is 0 Å². The summed E-state index contributed by atoms with van der Waals surface area (Å²) in [5.74, 6) is 0.587. The molecule has 21 heavy (non-hydrogen) atoms. The van der Waals surface area contributed by atoms with Crippen LogP contribution in [0, 0.1) is 23.7 Å². The number of rotatable bonds is 3. The number of benzene rings is 1. The van der Waals surface area contributed by atoms with Crippen molar-refractivity contribution in [3.8, 4) is 5.75 Å². The molecule has 3 aliphatic rings. The molecular formula is C16H17NO4. The molecule has 1 amide bonds. The topological polar surface area (TPSA) is 64.6 Å². The fourth-order valence-corrected chi connectivity index (χ4v) is 4.26. The van der Waals surface area contributed by atoms with Crippen molar-refractivity contribution in [1.29, 1.82) is 0 Å². The van der Waals surface area contributed by atoms with E-state index in [0.29, 0.717) is 0 Å². The lowest BCUT2D eigenvalue weighted by Crippen LogP contribution is -2.35. The van der Waals surface area contributed by atoms with Crippen LogP contribution in [-0.2, 0) is 14.3 Å². The maximum atomic E-state index is 12.5. The zero-order valence-electron chi connectivity index (χ0n) is 11.7. The first-order valence-corrected chi connectivity index (χ1v) is 7.33. The van der Waals surface area contributed by atoms with E-state index in [1.165, 1.54) is 0 Å². The highest BCUT2D eigenvalue weighted by Gasteiger charge is 2.63. The van der Waals surface area contributed by atoms with Crippen LogP contribution in [0.2, 0.25) is 0 Å². The Morgan fingerprint density at radius 3 is 2.76 bits per heavy atom. The quantitative estimate of drug-likeness (QED) is 0.861. The van der Waals surface area contributed by atoms with E-state index in [0.717, 1.165) is 24.3 Å². The predicted molar refractivity (Wildman–Crippen MR) is 74.7 cm³/mol. The lowest BCUT2D eigenvalue weighted by molar-refractivity contribution is -0.145. The summed E-state index contributed by atoms with van der Waals surface area (Å²) >= 11 is 0. The van der Waals surface area contributed by atoms with Gasteiger partial charge in [-0.3, -0.25) is 9.59 Å². The Morgan fingerprint density at radius 1 is 1.29 bits per heavy atom. The molecule has 1 saturated heterocycles. The molecule has 5 nitrogen and oxygen atoms in total. The summed E-state index contributed by atoms with van der Waals surface area (Å²) in [7, 11) is 1.60. The van der Waals surface area contributed by atoms with Gasteiger partial charge in [0.15, 0.2) is 0 Å². The zero-order chi connectivity index (χ0) is 14.6. The van der Waals surface area contributed by atoms with Gasteiger partial charge in [0.1, 0.15) is 11.9 Å². The zero-order valence-corrected chi connectivity index (χ0v) is 11.7. The van der Waals surface area contributed by atoms with Gasteiger partial charge in [-0.15, -0.1) is 0 Å². The average molecular weight is 287 g/mol. The number of methoxy groups -OCH3 is 1. The minimum Gasteiger partial charge on any atom is -0.497 e. The fraction of sp³-hybridized carbons (Fsp3) is 0.500. The van der Waals surface area contributed by atoms with Crippen molar-refractivity contribution in [2.24, 2.45) is 23.7 Å². The highest BCUT2D eigenvalue weighted by Crippen LogP contribution is 2.57. The van der Waals surface area contributed by atoms with E-state index in [1.54, 1.807) is 31.4 Å². The molecule has 110 valence electrons. The van der Waals surface area contributed by atoms with Gasteiger partial charge in [0, 0.05) is 11.6 Å². The molecule has 0 unspecified atom stereocenters. The summed E-state index contributed by atoms with van der Waals surface area (Å²) in [4.78, 5) is 24.5. The summed E-state index contributed by atoms with van der Waals surface area (Å²) in [6, 6.07) is 7.21. The average Bonchev–Trinajstić information content (AvgIpc) is 3.09. The van der Waals surface area contributed by atoms with Gasteiger partial charge in [0.2, 0.25) is 5.91 Å². The molecule has 1 aromatic carbocycles. The molecule has 2 saturated carbocycles. The maximum Gasteiger partial charge on any atom is 0.310 e. The van der Waals surface area contributed by atoms with E-state index in [4.69, 9.17) is 9.47 Å². The molecule has 4 rings (SSSR count). The van der Waals surface area contributed by atoms with E-state index in [1.807, 2.05) is 0 Å². The molecule has 1 aliphatic heterocycles. The Labute approximate surface area is 122 Å². The van der Waals surface area contributed by atoms with Crippen LogP contribution in [0.15, 0.2) is 24.3 Å². The molecule has 1 N–H and O–H groups in total. The molecule has 5 atom stereocenters. The molecule has 0 spiro atoms. The van der Waals surface area contributed by atoms with Gasteiger partial charge in [0.05, 0.1) is 18.9 Å². The van der Waals surface area contributed by atoms with Crippen LogP contribution in [0.3, 0.4) is 0 Å². The van der Waals surface area contributed by atoms with Gasteiger partial charge in [-0.1, -0.05) is 0 Å². The molecule has 2 bridgehead atoms. The molecular weight excluding hydrogens is 270 g/mol. The Kier molecular flexibility index (Phi) is 2.71. The number of hydrogen-bond donors (Lipinski definition) is 1. The highest BCUT2D eigenvalue weighted by atomic mass is 16.6. The van der Waals surface area contributed by atoms with E-state index in [9.17, 15) is 9.59 Å². The molecule has 0 aromatic heterocycles. The number of hydrogen-bond acceptors (Lipinski definition) is 4. The van der Waals surface area contributed by atoms with Gasteiger partial charge in [-0.2, -0.15) is 0 Å². The van der Waals surface area contributed by atoms with E-state index in [-0.39, 0.29) is 41.7 Å². The molecule has 5 heteroatoms. The Bertz CT molecular complexity index is 595. The summed E-state index contributed by atoms with van der Waals surface area (Å²) in [5, 5.41) is 2.92. The number of carbonyl (C=O) groups is 2. The monoisotopic (exact) mass is 287 g/mol. The Hall–Kier alpha value is -2.04. The van der Waals surface area contributed by atoms with E-state index >= 15 is 0 Å². The lowest BCUT2D eigenvalue weighted by atomic mass is 9.79. The Morgan fingerprint density at radius 2 is 2.05 bits per heavy atom. The van der Waals surface area contributed by atoms with Crippen LogP contribution < -0.4 is 10.1 Å². The minimum atomic E-state index is -0.233. The first-order valence-electron chi connectivity index (χ1n) is 7.33. The normalized spacial score (nSPS) is 35.7. The van der Waals surface area contributed by atoms with Crippen LogP contribution in [0.4, 0.5) is 5.69 Å². The summed E-state index contributed by atoms with van der Waals surface area (Å²) in [6.07, 6.45) is 1.85. The largest absolute Gasteiger partial charge is 0.497 e. The van der Waals surface area contributed by atoms with Crippen LogP contribution in [-0.4, -0.2) is 25.1 Å². The second kappa shape index (κ2) is 4.48. The van der Waals surface area contributed by atoms with Crippen molar-refractivity contribution in [3.63, 3.8) is 0 Å². The number of esters is 1. The van der Waals surface area contributed by atoms with Gasteiger partial charge >= 0.3 is 5.97 Å². The molecule has 2 aliphatic carbocycles. The second-order valence-corrected chi connectivity index (χ2v) is 6.14. The molecule has 1 heterocycles. The Balaban J connectivity index is 1.51. The van der Waals surface area contributed by atoms with Crippen molar-refractivity contribution in [3.05, 3.63) is 24.3 Å². The highest BCUT2D eigenvalue weighted by molar-refractivity contribution is 5.97. The minimum absolute atomic E-state index is 0.0602. The predicted octanol–water partition coefficient (Wildman–Crippen LogP) is 1.83. The summed E-state index contributed by atoms with van der Waals surface area (Å²) in [5.41, 5.74) is 0.728. The third-order valence-corrected chi connectivity index (χ3v) is 5.14. The fourth-order valence-electron chi connectivity index (χ4n) is 4.26. The third-order valence-electron chi connectivity index (χ3n) is 5.14. The summed E-state index contributed by atoms with van der Waals surface area (Å²) in [6.45, 7) is 0. The number of anilines is 1. The first kappa shape index (κ1) is 12.7. The smallest absolute Gasteiger partial charge is 0.310 e. The van der Waals surface area contributed by atoms with Crippen molar-refractivity contribution >= 4 is 17.6 Å². The van der Waals surface area contributed by atoms with E-state index < -0.39 is 0 Å². The first-order chi connectivity index (χ1) is 10.2. The number of nitrogens with one attached hydrogen (secondary N) is 1. The van der Waals surface area contributed by atoms with Crippen molar-refractivity contribution < 1.29 is 19.1 Å². The van der Waals surface area contributed by atoms with Crippen molar-refractivity contribution in [2.45, 2.75) is 18.9 Å². The SMILES string of the molecule is COc1ccc(NC(=O)[C@@H]2[C@@H]3C[C@@H]4[C@H]2C(=O)O[C@@H]4C3)cc1. The molecule has 3 fully saturated rings. The van der Waals surface area contributed by atoms with Crippen LogP contribution >= 0.6 is 0 Å². The van der Waals surface area contributed by atoms with Crippen molar-refractivity contribution in [2.75, 3.05) is 12.4 Å². The number of fused-ring (bicyclic) bond motifs is 1. The van der Waals surface area contributed by atoms with Crippen LogP contribution in [0.5, 0.6) is 5.75 Å².